The van der Waals surface area contributed by atoms with E-state index in [1.807, 2.05) is 0 Å². The van der Waals surface area contributed by atoms with Gasteiger partial charge in [0.25, 0.3) is 0 Å². The fourth-order valence-electron chi connectivity index (χ4n) is 7.97. The van der Waals surface area contributed by atoms with Crippen molar-refractivity contribution in [3.63, 3.8) is 0 Å². The molecule has 0 aromatic heterocycles. The molecule has 0 radical (unpaired) electrons. The average molecular weight is 648 g/mol. The summed E-state index contributed by atoms with van der Waals surface area (Å²) >= 11 is 0. The smallest absolute Gasteiger partial charge is 0.0546 e. The largest absolute Gasteiger partial charge is 0.309 e. The highest BCUT2D eigenvalue weighted by molar-refractivity contribution is 6.30. The Kier molecular flexibility index (Phi) is 6.89. The topological polar surface area (TPSA) is 3.24 Å². The van der Waals surface area contributed by atoms with Gasteiger partial charge in [-0.05, 0) is 90.3 Å². The lowest BCUT2D eigenvalue weighted by atomic mass is 9.91. The second kappa shape index (κ2) is 12.0. The van der Waals surface area contributed by atoms with Gasteiger partial charge in [-0.15, -0.1) is 0 Å². The summed E-state index contributed by atoms with van der Waals surface area (Å²) in [7, 11) is 0. The fraction of sp³-hybridized carbons (Fsp3) is 0. The molecule has 0 atom stereocenters. The molecule has 0 unspecified atom stereocenters. The van der Waals surface area contributed by atoms with Crippen LogP contribution in [0.15, 0.2) is 200 Å². The Morgan fingerprint density at radius 2 is 0.784 bits per heavy atom. The van der Waals surface area contributed by atoms with Crippen molar-refractivity contribution in [1.29, 1.82) is 0 Å². The lowest BCUT2D eigenvalue weighted by Gasteiger charge is -2.29. The molecule has 1 heteroatoms. The molecule has 0 aliphatic carbocycles. The van der Waals surface area contributed by atoms with E-state index in [4.69, 9.17) is 0 Å². The Morgan fingerprint density at radius 3 is 1.55 bits per heavy atom. The molecule has 0 N–H and O–H groups in total. The molecule has 51 heavy (non-hydrogen) atoms. The second-order valence-electron chi connectivity index (χ2n) is 13.3. The van der Waals surface area contributed by atoms with Crippen LogP contribution in [-0.4, -0.2) is 0 Å². The van der Waals surface area contributed by atoms with E-state index in [2.05, 4.69) is 205 Å². The summed E-state index contributed by atoms with van der Waals surface area (Å²) in [5.41, 5.74) is 8.27. The molecular formula is C50H33N. The van der Waals surface area contributed by atoms with Gasteiger partial charge in [-0.2, -0.15) is 0 Å². The summed E-state index contributed by atoms with van der Waals surface area (Å²) < 4.78 is 0. The Morgan fingerprint density at radius 1 is 0.255 bits per heavy atom. The molecular weight excluding hydrogens is 615 g/mol. The van der Waals surface area contributed by atoms with Gasteiger partial charge >= 0.3 is 0 Å². The summed E-state index contributed by atoms with van der Waals surface area (Å²) in [6.07, 6.45) is 0. The summed E-state index contributed by atoms with van der Waals surface area (Å²) in [5, 5.41) is 12.5. The Bertz CT molecular complexity index is 2900. The first kappa shape index (κ1) is 29.2. The maximum absolute atomic E-state index is 2.47. The molecule has 0 heterocycles. The van der Waals surface area contributed by atoms with Crippen LogP contribution in [0.4, 0.5) is 17.1 Å². The van der Waals surface area contributed by atoms with Gasteiger partial charge < -0.3 is 4.90 Å². The van der Waals surface area contributed by atoms with Crippen LogP contribution in [0.1, 0.15) is 0 Å². The molecule has 238 valence electrons. The van der Waals surface area contributed by atoms with Crippen molar-refractivity contribution in [1.82, 2.24) is 0 Å². The van der Waals surface area contributed by atoms with Crippen molar-refractivity contribution in [2.24, 2.45) is 0 Å². The Balaban J connectivity index is 1.24. The maximum atomic E-state index is 2.47. The van der Waals surface area contributed by atoms with Crippen LogP contribution in [0.3, 0.4) is 0 Å². The third-order valence-corrected chi connectivity index (χ3v) is 10.4. The summed E-state index contributed by atoms with van der Waals surface area (Å²) in [6.45, 7) is 0. The van der Waals surface area contributed by atoms with E-state index in [0.717, 1.165) is 17.1 Å². The summed E-state index contributed by atoms with van der Waals surface area (Å²) in [5.74, 6) is 0. The minimum absolute atomic E-state index is 1.11. The normalized spacial score (nSPS) is 11.5. The van der Waals surface area contributed by atoms with Gasteiger partial charge in [0.15, 0.2) is 0 Å². The van der Waals surface area contributed by atoms with Crippen LogP contribution in [0, 0.1) is 0 Å². The lowest BCUT2D eigenvalue weighted by Crippen LogP contribution is -2.11. The zero-order chi connectivity index (χ0) is 33.7. The first-order valence-corrected chi connectivity index (χ1v) is 17.6. The van der Waals surface area contributed by atoms with E-state index in [1.165, 1.54) is 76.1 Å². The van der Waals surface area contributed by atoms with Gasteiger partial charge in [0.05, 0.1) is 11.4 Å². The molecule has 0 aliphatic heterocycles. The number of nitrogens with zero attached hydrogens (tertiary/aromatic N) is 1. The molecule has 0 fully saturated rings. The predicted molar refractivity (Wildman–Crippen MR) is 220 cm³/mol. The van der Waals surface area contributed by atoms with E-state index < -0.39 is 0 Å². The van der Waals surface area contributed by atoms with Crippen LogP contribution in [-0.2, 0) is 0 Å². The van der Waals surface area contributed by atoms with Crippen LogP contribution < -0.4 is 4.90 Å². The number of benzene rings is 10. The molecule has 0 amide bonds. The van der Waals surface area contributed by atoms with Gasteiger partial charge in [-0.1, -0.05) is 170 Å². The third kappa shape index (κ3) is 4.94. The highest BCUT2D eigenvalue weighted by atomic mass is 15.1. The molecule has 0 spiro atoms. The van der Waals surface area contributed by atoms with Gasteiger partial charge in [0, 0.05) is 21.8 Å². The van der Waals surface area contributed by atoms with Crippen molar-refractivity contribution >= 4 is 70.9 Å². The van der Waals surface area contributed by atoms with E-state index in [0.29, 0.717) is 0 Å². The minimum atomic E-state index is 1.11. The molecule has 0 aliphatic rings. The van der Waals surface area contributed by atoms with E-state index >= 15 is 0 Å². The second-order valence-corrected chi connectivity index (χ2v) is 13.3. The van der Waals surface area contributed by atoms with Gasteiger partial charge in [-0.25, -0.2) is 0 Å². The zero-order valence-corrected chi connectivity index (χ0v) is 28.0. The summed E-state index contributed by atoms with van der Waals surface area (Å²) in [6, 6.07) is 73.1. The minimum Gasteiger partial charge on any atom is -0.309 e. The van der Waals surface area contributed by atoms with Crippen molar-refractivity contribution in [3.05, 3.63) is 200 Å². The molecule has 0 saturated carbocycles. The first-order chi connectivity index (χ1) is 25.3. The van der Waals surface area contributed by atoms with Gasteiger partial charge in [0.2, 0.25) is 0 Å². The van der Waals surface area contributed by atoms with E-state index in [9.17, 15) is 0 Å². The van der Waals surface area contributed by atoms with Crippen molar-refractivity contribution < 1.29 is 0 Å². The molecule has 0 saturated heterocycles. The SMILES string of the molecule is c1ccc(-c2cccc(-c3ccc(N(c4cccc5ccccc45)c4cc5ccccc5c5c4ccc4ccc6ccccc6c45)cc3)c2)cc1. The highest BCUT2D eigenvalue weighted by Gasteiger charge is 2.21. The zero-order valence-electron chi connectivity index (χ0n) is 28.0. The standard InChI is InChI=1S/C50H33N/c1-2-12-34(13-3-1)39-18-10-19-40(32-39)35-26-29-42(30-27-35)51(47-23-11-17-36-14-4-7-20-43(36)47)48-33-41-16-6-9-22-45(41)50-46(48)31-28-38-25-24-37-15-5-8-21-44(37)49(38)50/h1-33H. The van der Waals surface area contributed by atoms with Crippen LogP contribution >= 0.6 is 0 Å². The van der Waals surface area contributed by atoms with E-state index in [1.54, 1.807) is 0 Å². The number of rotatable bonds is 5. The lowest BCUT2D eigenvalue weighted by molar-refractivity contribution is 1.32. The average Bonchev–Trinajstić information content (AvgIpc) is 3.21. The van der Waals surface area contributed by atoms with Crippen molar-refractivity contribution in [2.45, 2.75) is 0 Å². The fourth-order valence-corrected chi connectivity index (χ4v) is 7.97. The third-order valence-electron chi connectivity index (χ3n) is 10.4. The van der Waals surface area contributed by atoms with Gasteiger partial charge in [-0.3, -0.25) is 0 Å². The van der Waals surface area contributed by atoms with E-state index in [-0.39, 0.29) is 0 Å². The summed E-state index contributed by atoms with van der Waals surface area (Å²) in [4.78, 5) is 2.47. The molecule has 10 aromatic carbocycles. The number of hydrogen-bond donors (Lipinski definition) is 0. The Labute approximate surface area is 297 Å². The highest BCUT2D eigenvalue weighted by Crippen LogP contribution is 2.47. The van der Waals surface area contributed by atoms with Crippen molar-refractivity contribution in [2.75, 3.05) is 4.90 Å². The Hall–Kier alpha value is -6.70. The molecule has 10 aromatic rings. The number of fused-ring (bicyclic) bond motifs is 8. The first-order valence-electron chi connectivity index (χ1n) is 17.6. The van der Waals surface area contributed by atoms with Crippen LogP contribution in [0.25, 0.3) is 76.1 Å². The maximum Gasteiger partial charge on any atom is 0.0546 e. The number of anilines is 3. The monoisotopic (exact) mass is 647 g/mol. The molecule has 1 nitrogen and oxygen atoms in total. The van der Waals surface area contributed by atoms with Crippen LogP contribution in [0.2, 0.25) is 0 Å². The molecule has 10 rings (SSSR count). The van der Waals surface area contributed by atoms with Crippen molar-refractivity contribution in [3.8, 4) is 22.3 Å². The van der Waals surface area contributed by atoms with Gasteiger partial charge in [0.1, 0.15) is 0 Å². The molecule has 0 bridgehead atoms. The number of hydrogen-bond acceptors (Lipinski definition) is 1. The quantitative estimate of drug-likeness (QED) is 0.168. The predicted octanol–water partition coefficient (Wildman–Crippen LogP) is 14.3. The van der Waals surface area contributed by atoms with Crippen LogP contribution in [0.5, 0.6) is 0 Å².